The molecule has 0 bridgehead atoms. The van der Waals surface area contributed by atoms with E-state index in [0.29, 0.717) is 0 Å². The first-order valence-electron chi connectivity index (χ1n) is 5.13. The molecule has 0 aliphatic carbocycles. The topological polar surface area (TPSA) is 88.3 Å². The highest BCUT2D eigenvalue weighted by atomic mass is 35.5. The summed E-state index contributed by atoms with van der Waals surface area (Å²) in [6, 6.07) is 1.22. The van der Waals surface area contributed by atoms with Gasteiger partial charge in [-0.15, -0.1) is 0 Å². The zero-order chi connectivity index (χ0) is 13.0. The van der Waals surface area contributed by atoms with Gasteiger partial charge in [-0.05, 0) is 5.92 Å². The van der Waals surface area contributed by atoms with Gasteiger partial charge >= 0.3 is 5.69 Å². The number of rotatable bonds is 5. The third kappa shape index (κ3) is 3.83. The van der Waals surface area contributed by atoms with Gasteiger partial charge in [0.2, 0.25) is 5.82 Å². The summed E-state index contributed by atoms with van der Waals surface area (Å²) in [6.07, 6.45) is 0.727. The van der Waals surface area contributed by atoms with Crippen molar-refractivity contribution in [1.29, 1.82) is 0 Å². The Bertz CT molecular complexity index is 412. The second-order valence-electron chi connectivity index (χ2n) is 3.97. The second-order valence-corrected chi connectivity index (χ2v) is 4.41. The molecular formula is C10H14ClN3O3. The molecule has 0 saturated heterocycles. The van der Waals surface area contributed by atoms with E-state index < -0.39 is 11.0 Å². The van der Waals surface area contributed by atoms with Crippen molar-refractivity contribution in [2.45, 2.75) is 20.0 Å². The van der Waals surface area contributed by atoms with Crippen LogP contribution in [0.15, 0.2) is 12.3 Å². The minimum absolute atomic E-state index is 0.0638. The maximum absolute atomic E-state index is 10.8. The SMILES string of the molecule is CC(C)C(O)CNc1ncc(Cl)cc1[N+](=O)[O-]. The lowest BCUT2D eigenvalue weighted by atomic mass is 10.1. The molecular weight excluding hydrogens is 246 g/mol. The average Bonchev–Trinajstić information content (AvgIpc) is 2.26. The predicted octanol–water partition coefficient (Wildman–Crippen LogP) is 2.07. The van der Waals surface area contributed by atoms with Crippen LogP contribution in [0.5, 0.6) is 0 Å². The van der Waals surface area contributed by atoms with Gasteiger partial charge in [-0.3, -0.25) is 10.1 Å². The number of aliphatic hydroxyl groups is 1. The van der Waals surface area contributed by atoms with E-state index in [4.69, 9.17) is 11.6 Å². The fraction of sp³-hybridized carbons (Fsp3) is 0.500. The van der Waals surface area contributed by atoms with E-state index in [9.17, 15) is 15.2 Å². The van der Waals surface area contributed by atoms with E-state index in [1.165, 1.54) is 12.3 Å². The van der Waals surface area contributed by atoms with Crippen LogP contribution in [-0.4, -0.2) is 27.7 Å². The molecule has 1 atom stereocenters. The molecule has 0 radical (unpaired) electrons. The number of aromatic nitrogens is 1. The number of halogens is 1. The Morgan fingerprint density at radius 1 is 1.65 bits per heavy atom. The van der Waals surface area contributed by atoms with Crippen LogP contribution in [0.4, 0.5) is 11.5 Å². The van der Waals surface area contributed by atoms with Gasteiger partial charge in [0.15, 0.2) is 0 Å². The highest BCUT2D eigenvalue weighted by Gasteiger charge is 2.17. The Hall–Kier alpha value is -1.40. The zero-order valence-electron chi connectivity index (χ0n) is 9.55. The van der Waals surface area contributed by atoms with Gasteiger partial charge in [-0.2, -0.15) is 0 Å². The first-order valence-corrected chi connectivity index (χ1v) is 5.51. The van der Waals surface area contributed by atoms with E-state index in [1.807, 2.05) is 13.8 Å². The predicted molar refractivity (Wildman–Crippen MR) is 65.2 cm³/mol. The third-order valence-corrected chi connectivity index (χ3v) is 2.49. The number of nitrogens with one attached hydrogen (secondary N) is 1. The first kappa shape index (κ1) is 13.7. The Morgan fingerprint density at radius 2 is 2.29 bits per heavy atom. The van der Waals surface area contributed by atoms with Gasteiger partial charge in [0.05, 0.1) is 16.0 Å². The molecule has 1 aromatic heterocycles. The summed E-state index contributed by atoms with van der Waals surface area (Å²) in [7, 11) is 0. The largest absolute Gasteiger partial charge is 0.391 e. The summed E-state index contributed by atoms with van der Waals surface area (Å²) in [5, 5.41) is 23.3. The maximum Gasteiger partial charge on any atom is 0.312 e. The molecule has 0 spiro atoms. The lowest BCUT2D eigenvalue weighted by Gasteiger charge is -2.15. The molecule has 94 valence electrons. The molecule has 6 nitrogen and oxygen atoms in total. The summed E-state index contributed by atoms with van der Waals surface area (Å²) in [6.45, 7) is 3.92. The van der Waals surface area contributed by atoms with Crippen molar-refractivity contribution in [1.82, 2.24) is 4.98 Å². The molecule has 0 aromatic carbocycles. The molecule has 1 aromatic rings. The van der Waals surface area contributed by atoms with Gasteiger partial charge < -0.3 is 10.4 Å². The van der Waals surface area contributed by atoms with Crippen molar-refractivity contribution < 1.29 is 10.0 Å². The van der Waals surface area contributed by atoms with Crippen molar-refractivity contribution >= 4 is 23.1 Å². The first-order chi connectivity index (χ1) is 7.91. The van der Waals surface area contributed by atoms with Crippen molar-refractivity contribution in [3.05, 3.63) is 27.4 Å². The van der Waals surface area contributed by atoms with Crippen molar-refractivity contribution in [3.8, 4) is 0 Å². The fourth-order valence-electron chi connectivity index (χ4n) is 1.14. The molecule has 0 aliphatic heterocycles. The Balaban J connectivity index is 2.80. The van der Waals surface area contributed by atoms with Crippen LogP contribution >= 0.6 is 11.6 Å². The van der Waals surface area contributed by atoms with Crippen LogP contribution in [-0.2, 0) is 0 Å². The fourth-order valence-corrected chi connectivity index (χ4v) is 1.29. The van der Waals surface area contributed by atoms with Crippen LogP contribution in [0.3, 0.4) is 0 Å². The number of hydrogen-bond acceptors (Lipinski definition) is 5. The summed E-state index contributed by atoms with van der Waals surface area (Å²) in [4.78, 5) is 14.0. The van der Waals surface area contributed by atoms with Crippen LogP contribution < -0.4 is 5.32 Å². The summed E-state index contributed by atoms with van der Waals surface area (Å²) in [5.41, 5.74) is -0.201. The summed E-state index contributed by atoms with van der Waals surface area (Å²) < 4.78 is 0. The zero-order valence-corrected chi connectivity index (χ0v) is 10.3. The molecule has 7 heteroatoms. The van der Waals surface area contributed by atoms with Crippen LogP contribution in [0, 0.1) is 16.0 Å². The number of pyridine rings is 1. The number of hydrogen-bond donors (Lipinski definition) is 2. The van der Waals surface area contributed by atoms with Gasteiger partial charge in [0.1, 0.15) is 0 Å². The second kappa shape index (κ2) is 5.79. The lowest BCUT2D eigenvalue weighted by molar-refractivity contribution is -0.384. The molecule has 0 aliphatic rings. The van der Waals surface area contributed by atoms with E-state index in [0.717, 1.165) is 0 Å². The summed E-state index contributed by atoms with van der Waals surface area (Å²) in [5.74, 6) is 0.174. The van der Waals surface area contributed by atoms with E-state index in [1.54, 1.807) is 0 Å². The average molecular weight is 260 g/mol. The summed E-state index contributed by atoms with van der Waals surface area (Å²) >= 11 is 5.63. The van der Waals surface area contributed by atoms with Crippen molar-refractivity contribution in [2.75, 3.05) is 11.9 Å². The maximum atomic E-state index is 10.8. The Morgan fingerprint density at radius 3 is 2.82 bits per heavy atom. The molecule has 0 amide bonds. The van der Waals surface area contributed by atoms with Crippen molar-refractivity contribution in [3.63, 3.8) is 0 Å². The highest BCUT2D eigenvalue weighted by molar-refractivity contribution is 6.30. The quantitative estimate of drug-likeness (QED) is 0.624. The van der Waals surface area contributed by atoms with E-state index >= 15 is 0 Å². The third-order valence-electron chi connectivity index (χ3n) is 2.28. The molecule has 17 heavy (non-hydrogen) atoms. The molecule has 1 heterocycles. The number of nitrogens with zero attached hydrogens (tertiary/aromatic N) is 2. The van der Waals surface area contributed by atoms with Crippen LogP contribution in [0.1, 0.15) is 13.8 Å². The molecule has 1 rings (SSSR count). The Labute approximate surface area is 104 Å². The molecule has 1 unspecified atom stereocenters. The lowest BCUT2D eigenvalue weighted by Crippen LogP contribution is -2.25. The molecule has 0 saturated carbocycles. The minimum atomic E-state index is -0.591. The smallest absolute Gasteiger partial charge is 0.312 e. The van der Waals surface area contributed by atoms with Gasteiger partial charge in [-0.25, -0.2) is 4.98 Å². The Kier molecular flexibility index (Phi) is 4.65. The van der Waals surface area contributed by atoms with E-state index in [2.05, 4.69) is 10.3 Å². The van der Waals surface area contributed by atoms with E-state index in [-0.39, 0.29) is 29.0 Å². The van der Waals surface area contributed by atoms with Crippen LogP contribution in [0.2, 0.25) is 5.02 Å². The van der Waals surface area contributed by atoms with Crippen LogP contribution in [0.25, 0.3) is 0 Å². The number of nitro groups is 1. The molecule has 2 N–H and O–H groups in total. The monoisotopic (exact) mass is 259 g/mol. The van der Waals surface area contributed by atoms with Gasteiger partial charge in [0, 0.05) is 18.8 Å². The normalized spacial score (nSPS) is 12.5. The number of aliphatic hydroxyl groups excluding tert-OH is 1. The van der Waals surface area contributed by atoms with Crippen molar-refractivity contribution in [2.24, 2.45) is 5.92 Å². The van der Waals surface area contributed by atoms with Gasteiger partial charge in [-0.1, -0.05) is 25.4 Å². The molecule has 0 fully saturated rings. The number of anilines is 1. The highest BCUT2D eigenvalue weighted by Crippen LogP contribution is 2.24. The minimum Gasteiger partial charge on any atom is -0.391 e. The van der Waals surface area contributed by atoms with Gasteiger partial charge in [0.25, 0.3) is 0 Å². The standard InChI is InChI=1S/C10H14ClN3O3/c1-6(2)9(15)5-13-10-8(14(16)17)3-7(11)4-12-10/h3-4,6,9,15H,5H2,1-2H3,(H,12,13).